The summed E-state index contributed by atoms with van der Waals surface area (Å²) in [4.78, 5) is 33.8. The van der Waals surface area contributed by atoms with Gasteiger partial charge in [0.2, 0.25) is 0 Å². The molecule has 2 amide bonds. The second kappa shape index (κ2) is 10.9. The topological polar surface area (TPSA) is 80.5 Å². The van der Waals surface area contributed by atoms with Crippen molar-refractivity contribution >= 4 is 40.8 Å². The summed E-state index contributed by atoms with van der Waals surface area (Å²) in [5.74, 6) is -0.281. The first-order valence-corrected chi connectivity index (χ1v) is 13.1. The first-order chi connectivity index (χ1) is 17.9. The van der Waals surface area contributed by atoms with E-state index >= 15 is 0 Å². The Hall–Kier alpha value is -3.39. The lowest BCUT2D eigenvalue weighted by Gasteiger charge is -2.34. The minimum atomic E-state index is -0.182. The van der Waals surface area contributed by atoms with Gasteiger partial charge in [-0.05, 0) is 49.2 Å². The number of anilines is 1. The number of hydrogen-bond donors (Lipinski definition) is 3. The van der Waals surface area contributed by atoms with Crippen LogP contribution in [0.2, 0.25) is 5.02 Å². The maximum atomic E-state index is 13.1. The second-order valence-corrected chi connectivity index (χ2v) is 10.2. The van der Waals surface area contributed by atoms with E-state index in [0.29, 0.717) is 22.7 Å². The first-order valence-electron chi connectivity index (χ1n) is 12.7. The van der Waals surface area contributed by atoms with Crippen LogP contribution in [-0.4, -0.2) is 65.9 Å². The Balaban J connectivity index is 1.17. The predicted molar refractivity (Wildman–Crippen MR) is 149 cm³/mol. The van der Waals surface area contributed by atoms with Crippen LogP contribution in [0.1, 0.15) is 38.4 Å². The van der Waals surface area contributed by atoms with Gasteiger partial charge in [0, 0.05) is 73.5 Å². The van der Waals surface area contributed by atoms with Gasteiger partial charge in [0.15, 0.2) is 0 Å². The van der Waals surface area contributed by atoms with Crippen molar-refractivity contribution in [3.05, 3.63) is 87.2 Å². The molecule has 0 atom stereocenters. The van der Waals surface area contributed by atoms with E-state index in [2.05, 4.69) is 49.7 Å². The zero-order chi connectivity index (χ0) is 25.9. The fraction of sp³-hybridized carbons (Fsp3) is 0.310. The summed E-state index contributed by atoms with van der Waals surface area (Å²) in [5.41, 5.74) is 6.34. The van der Waals surface area contributed by atoms with Crippen LogP contribution in [0.25, 0.3) is 11.6 Å². The number of H-pyrrole nitrogens is 1. The van der Waals surface area contributed by atoms with Gasteiger partial charge in [-0.25, -0.2) is 0 Å². The number of fused-ring (bicyclic) bond motifs is 1. The van der Waals surface area contributed by atoms with Crippen LogP contribution < -0.4 is 10.6 Å². The van der Waals surface area contributed by atoms with Crippen molar-refractivity contribution in [1.82, 2.24) is 20.1 Å². The van der Waals surface area contributed by atoms with Crippen LogP contribution in [0.5, 0.6) is 0 Å². The number of rotatable bonds is 7. The minimum Gasteiger partial charge on any atom is -0.358 e. The van der Waals surface area contributed by atoms with Crippen LogP contribution in [0, 0.1) is 13.8 Å². The molecular weight excluding hydrogens is 486 g/mol. The predicted octanol–water partition coefficient (Wildman–Crippen LogP) is 4.33. The molecular formula is C29H32ClN5O2. The fourth-order valence-electron chi connectivity index (χ4n) is 5.14. The lowest BCUT2D eigenvalue weighted by molar-refractivity contribution is -0.110. The molecule has 3 aromatic rings. The molecule has 1 aromatic heterocycles. The summed E-state index contributed by atoms with van der Waals surface area (Å²) >= 11 is 6.15. The summed E-state index contributed by atoms with van der Waals surface area (Å²) in [6.45, 7) is 10.2. The molecule has 2 aromatic carbocycles. The zero-order valence-electron chi connectivity index (χ0n) is 21.2. The third-order valence-electron chi connectivity index (χ3n) is 7.18. The van der Waals surface area contributed by atoms with E-state index in [1.807, 2.05) is 19.9 Å². The minimum absolute atomic E-state index is 0.0991. The van der Waals surface area contributed by atoms with Gasteiger partial charge in [-0.3, -0.25) is 19.4 Å². The van der Waals surface area contributed by atoms with Gasteiger partial charge in [0.05, 0.1) is 11.1 Å². The normalized spacial score (nSPS) is 17.2. The standard InChI is InChI=1S/C29H32ClN5O2/c1-19-26(17-24-23-16-22(30)8-9-25(23)33-28(24)36)32-20(2)27(19)29(37)31-10-11-34-12-14-35(15-13-34)18-21-6-4-3-5-7-21/h3-9,16-17,32H,10-15,18H2,1-2H3,(H,31,37)(H,33,36)/b24-17-. The number of amides is 2. The first kappa shape index (κ1) is 25.3. The highest BCUT2D eigenvalue weighted by atomic mass is 35.5. The highest BCUT2D eigenvalue weighted by Gasteiger charge is 2.26. The number of carbonyl (C=O) groups is 2. The Morgan fingerprint density at radius 3 is 2.54 bits per heavy atom. The number of nitrogens with zero attached hydrogens (tertiary/aromatic N) is 2. The van der Waals surface area contributed by atoms with Crippen molar-refractivity contribution in [2.75, 3.05) is 44.6 Å². The molecule has 8 heteroatoms. The number of hydrogen-bond acceptors (Lipinski definition) is 4. The quantitative estimate of drug-likeness (QED) is 0.408. The summed E-state index contributed by atoms with van der Waals surface area (Å²) in [6, 6.07) is 15.9. The molecule has 37 heavy (non-hydrogen) atoms. The molecule has 0 aliphatic carbocycles. The SMILES string of the molecule is Cc1[nH]c(/C=C2\C(=O)Nc3ccc(Cl)cc32)c(C)c1C(=O)NCCN1CCN(Cc2ccccc2)CC1. The molecule has 1 fully saturated rings. The maximum absolute atomic E-state index is 13.1. The molecule has 5 rings (SSSR count). The maximum Gasteiger partial charge on any atom is 0.256 e. The van der Waals surface area contributed by atoms with Gasteiger partial charge in [-0.1, -0.05) is 41.9 Å². The van der Waals surface area contributed by atoms with E-state index in [0.717, 1.165) is 67.5 Å². The summed E-state index contributed by atoms with van der Waals surface area (Å²) in [5, 5.41) is 6.52. The smallest absolute Gasteiger partial charge is 0.256 e. The number of aryl methyl sites for hydroxylation is 1. The van der Waals surface area contributed by atoms with Crippen molar-refractivity contribution in [2.24, 2.45) is 0 Å². The lowest BCUT2D eigenvalue weighted by Crippen LogP contribution is -2.48. The third kappa shape index (κ3) is 5.64. The average Bonchev–Trinajstić information content (AvgIpc) is 3.35. The van der Waals surface area contributed by atoms with Gasteiger partial charge < -0.3 is 15.6 Å². The summed E-state index contributed by atoms with van der Waals surface area (Å²) < 4.78 is 0. The van der Waals surface area contributed by atoms with Gasteiger partial charge >= 0.3 is 0 Å². The van der Waals surface area contributed by atoms with Gasteiger partial charge in [-0.15, -0.1) is 0 Å². The summed E-state index contributed by atoms with van der Waals surface area (Å²) in [7, 11) is 0. The Bertz CT molecular complexity index is 1340. The number of piperazine rings is 1. The summed E-state index contributed by atoms with van der Waals surface area (Å²) in [6.07, 6.45) is 1.80. The van der Waals surface area contributed by atoms with Crippen LogP contribution in [0.4, 0.5) is 5.69 Å². The van der Waals surface area contributed by atoms with Crippen molar-refractivity contribution < 1.29 is 9.59 Å². The van der Waals surface area contributed by atoms with Crippen LogP contribution >= 0.6 is 11.6 Å². The molecule has 0 saturated carbocycles. The molecule has 2 aliphatic heterocycles. The Labute approximate surface area is 222 Å². The van der Waals surface area contributed by atoms with Crippen molar-refractivity contribution in [3.63, 3.8) is 0 Å². The van der Waals surface area contributed by atoms with Crippen LogP contribution in [0.15, 0.2) is 48.5 Å². The molecule has 3 heterocycles. The lowest BCUT2D eigenvalue weighted by atomic mass is 10.0. The Morgan fingerprint density at radius 1 is 1.05 bits per heavy atom. The largest absolute Gasteiger partial charge is 0.358 e. The van der Waals surface area contributed by atoms with E-state index in [-0.39, 0.29) is 11.8 Å². The van der Waals surface area contributed by atoms with E-state index in [4.69, 9.17) is 11.6 Å². The molecule has 7 nitrogen and oxygen atoms in total. The second-order valence-electron chi connectivity index (χ2n) is 9.73. The van der Waals surface area contributed by atoms with E-state index in [1.54, 1.807) is 24.3 Å². The molecule has 0 radical (unpaired) electrons. The number of aromatic amines is 1. The van der Waals surface area contributed by atoms with Crippen LogP contribution in [0.3, 0.4) is 0 Å². The van der Waals surface area contributed by atoms with E-state index in [9.17, 15) is 9.59 Å². The van der Waals surface area contributed by atoms with Crippen LogP contribution in [-0.2, 0) is 11.3 Å². The average molecular weight is 518 g/mol. The Kier molecular flexibility index (Phi) is 7.46. The molecule has 1 saturated heterocycles. The third-order valence-corrected chi connectivity index (χ3v) is 7.42. The van der Waals surface area contributed by atoms with Crippen molar-refractivity contribution in [3.8, 4) is 0 Å². The highest BCUT2D eigenvalue weighted by molar-refractivity contribution is 6.36. The Morgan fingerprint density at radius 2 is 1.78 bits per heavy atom. The molecule has 0 unspecified atom stereocenters. The molecule has 0 spiro atoms. The van der Waals surface area contributed by atoms with Gasteiger partial charge in [-0.2, -0.15) is 0 Å². The number of nitrogens with one attached hydrogen (secondary N) is 3. The molecule has 0 bridgehead atoms. The highest BCUT2D eigenvalue weighted by Crippen LogP contribution is 2.35. The number of benzene rings is 2. The van der Waals surface area contributed by atoms with E-state index in [1.165, 1.54) is 5.56 Å². The van der Waals surface area contributed by atoms with Gasteiger partial charge in [0.25, 0.3) is 11.8 Å². The number of aromatic nitrogens is 1. The monoisotopic (exact) mass is 517 g/mol. The molecule has 3 N–H and O–H groups in total. The van der Waals surface area contributed by atoms with Gasteiger partial charge in [0.1, 0.15) is 0 Å². The number of halogens is 1. The molecule has 192 valence electrons. The van der Waals surface area contributed by atoms with Crippen molar-refractivity contribution in [1.29, 1.82) is 0 Å². The van der Waals surface area contributed by atoms with Crippen molar-refractivity contribution in [2.45, 2.75) is 20.4 Å². The number of carbonyl (C=O) groups excluding carboxylic acids is 2. The zero-order valence-corrected chi connectivity index (χ0v) is 22.0. The molecule has 2 aliphatic rings. The van der Waals surface area contributed by atoms with E-state index < -0.39 is 0 Å². The fourth-order valence-corrected chi connectivity index (χ4v) is 5.31.